The summed E-state index contributed by atoms with van der Waals surface area (Å²) in [5.41, 5.74) is 0.985. The highest BCUT2D eigenvalue weighted by atomic mass is 16.8. The number of hydrogen-bond acceptors (Lipinski definition) is 6. The van der Waals surface area contributed by atoms with Crippen molar-refractivity contribution in [3.8, 4) is 0 Å². The highest BCUT2D eigenvalue weighted by Gasteiger charge is 2.44. The van der Waals surface area contributed by atoms with Crippen LogP contribution in [0.1, 0.15) is 5.56 Å². The van der Waals surface area contributed by atoms with Gasteiger partial charge in [0.05, 0.1) is 26.2 Å². The van der Waals surface area contributed by atoms with Crippen LogP contribution in [0, 0.1) is 0 Å². The Kier molecular flexibility index (Phi) is 5.82. The van der Waals surface area contributed by atoms with E-state index in [9.17, 15) is 4.79 Å². The lowest BCUT2D eigenvalue weighted by Crippen LogP contribution is -2.67. The summed E-state index contributed by atoms with van der Waals surface area (Å²) in [7, 11) is 4.60. The van der Waals surface area contributed by atoms with Crippen LogP contribution in [-0.4, -0.2) is 57.2 Å². The Balaban J connectivity index is 2.02. The Labute approximate surface area is 130 Å². The van der Waals surface area contributed by atoms with Crippen LogP contribution in [-0.2, 0) is 19.1 Å². The van der Waals surface area contributed by atoms with E-state index in [1.807, 2.05) is 30.3 Å². The van der Waals surface area contributed by atoms with E-state index in [1.54, 1.807) is 12.2 Å². The van der Waals surface area contributed by atoms with Crippen LogP contribution in [0.4, 0.5) is 0 Å². The number of piperazine rings is 1. The first kappa shape index (κ1) is 16.8. The maximum atomic E-state index is 12.3. The highest BCUT2D eigenvalue weighted by molar-refractivity contribution is 5.97. The number of methoxy groups -OCH3 is 2. The van der Waals surface area contributed by atoms with Gasteiger partial charge in [-0.15, -0.1) is 5.06 Å². The molecule has 1 atom stereocenters. The topological polar surface area (TPSA) is 60.0 Å². The van der Waals surface area contributed by atoms with E-state index in [-0.39, 0.29) is 11.8 Å². The largest absolute Gasteiger partial charge is 0.338 e. The SMILES string of the molecule is CON1CC(C(=O)C=Cc2ccccc2)NCC1(OC)OC. The van der Waals surface area contributed by atoms with Crippen molar-refractivity contribution in [3.63, 3.8) is 0 Å². The van der Waals surface area contributed by atoms with Gasteiger partial charge in [0.1, 0.15) is 0 Å². The van der Waals surface area contributed by atoms with E-state index in [4.69, 9.17) is 14.3 Å². The summed E-state index contributed by atoms with van der Waals surface area (Å²) in [5, 5.41) is 4.67. The number of nitrogens with one attached hydrogen (secondary N) is 1. The molecule has 6 heteroatoms. The molecule has 0 saturated carbocycles. The van der Waals surface area contributed by atoms with Crippen molar-refractivity contribution in [2.45, 2.75) is 12.0 Å². The summed E-state index contributed by atoms with van der Waals surface area (Å²) in [6.45, 7) is 0.652. The lowest BCUT2D eigenvalue weighted by Gasteiger charge is -2.44. The molecule has 0 spiro atoms. The van der Waals surface area contributed by atoms with E-state index in [1.165, 1.54) is 26.4 Å². The zero-order valence-corrected chi connectivity index (χ0v) is 13.1. The number of ketones is 1. The number of nitrogens with zero attached hydrogens (tertiary/aromatic N) is 1. The van der Waals surface area contributed by atoms with Crippen LogP contribution in [0.2, 0.25) is 0 Å². The van der Waals surface area contributed by atoms with Crippen molar-refractivity contribution in [1.82, 2.24) is 10.4 Å². The summed E-state index contributed by atoms with van der Waals surface area (Å²) in [6, 6.07) is 9.31. The molecule has 0 bridgehead atoms. The quantitative estimate of drug-likeness (QED) is 0.626. The summed E-state index contributed by atoms with van der Waals surface area (Å²) >= 11 is 0. The van der Waals surface area contributed by atoms with Crippen LogP contribution >= 0.6 is 0 Å². The van der Waals surface area contributed by atoms with E-state index in [0.29, 0.717) is 13.1 Å². The molecule has 6 nitrogen and oxygen atoms in total. The van der Waals surface area contributed by atoms with Gasteiger partial charge in [-0.2, -0.15) is 0 Å². The van der Waals surface area contributed by atoms with Gasteiger partial charge < -0.3 is 9.47 Å². The molecule has 1 saturated heterocycles. The Bertz CT molecular complexity index is 514. The summed E-state index contributed by atoms with van der Waals surface area (Å²) in [5.74, 6) is -1.04. The van der Waals surface area contributed by atoms with Crippen molar-refractivity contribution in [3.05, 3.63) is 42.0 Å². The van der Waals surface area contributed by atoms with Crippen molar-refractivity contribution < 1.29 is 19.1 Å². The fraction of sp³-hybridized carbons (Fsp3) is 0.438. The second kappa shape index (κ2) is 7.62. The molecule has 1 aromatic rings. The predicted molar refractivity (Wildman–Crippen MR) is 82.7 cm³/mol. The standard InChI is InChI=1S/C16H22N2O4/c1-20-16(21-2)12-17-14(11-18(16)22-3)15(19)10-9-13-7-5-4-6-8-13/h4-10,14,17H,11-12H2,1-3H3. The Morgan fingerprint density at radius 3 is 2.55 bits per heavy atom. The molecule has 0 aromatic heterocycles. The number of rotatable bonds is 6. The number of benzene rings is 1. The van der Waals surface area contributed by atoms with Gasteiger partial charge in [-0.1, -0.05) is 36.4 Å². The molecule has 0 radical (unpaired) electrons. The maximum absolute atomic E-state index is 12.3. The zero-order chi connectivity index (χ0) is 16.0. The lowest BCUT2D eigenvalue weighted by molar-refractivity contribution is -0.394. The molecule has 1 unspecified atom stereocenters. The first-order chi connectivity index (χ1) is 10.6. The summed E-state index contributed by atoms with van der Waals surface area (Å²) in [4.78, 5) is 17.6. The fourth-order valence-corrected chi connectivity index (χ4v) is 2.40. The van der Waals surface area contributed by atoms with Gasteiger partial charge in [0.2, 0.25) is 0 Å². The van der Waals surface area contributed by atoms with Gasteiger partial charge in [0.15, 0.2) is 5.78 Å². The Morgan fingerprint density at radius 2 is 1.95 bits per heavy atom. The normalized spacial score (nSPS) is 22.0. The summed E-state index contributed by atoms with van der Waals surface area (Å²) in [6.07, 6.45) is 3.38. The molecular formula is C16H22N2O4. The minimum Gasteiger partial charge on any atom is -0.338 e. The molecule has 1 aliphatic heterocycles. The monoisotopic (exact) mass is 306 g/mol. The van der Waals surface area contributed by atoms with Crippen molar-refractivity contribution in [1.29, 1.82) is 0 Å². The van der Waals surface area contributed by atoms with Crippen LogP contribution in [0.3, 0.4) is 0 Å². The van der Waals surface area contributed by atoms with Crippen molar-refractivity contribution in [2.24, 2.45) is 0 Å². The third-order valence-electron chi connectivity index (χ3n) is 3.74. The number of hydroxylamine groups is 2. The van der Waals surface area contributed by atoms with E-state index >= 15 is 0 Å². The maximum Gasteiger partial charge on any atom is 0.264 e. The summed E-state index contributed by atoms with van der Waals surface area (Å²) < 4.78 is 10.8. The molecule has 1 N–H and O–H groups in total. The van der Waals surface area contributed by atoms with E-state index in [2.05, 4.69) is 5.32 Å². The van der Waals surface area contributed by atoms with Gasteiger partial charge in [0, 0.05) is 14.2 Å². The second-order valence-corrected chi connectivity index (χ2v) is 4.94. The second-order valence-electron chi connectivity index (χ2n) is 4.94. The van der Waals surface area contributed by atoms with Crippen molar-refractivity contribution >= 4 is 11.9 Å². The fourth-order valence-electron chi connectivity index (χ4n) is 2.40. The molecule has 1 aromatic carbocycles. The molecule has 0 aliphatic carbocycles. The third-order valence-corrected chi connectivity index (χ3v) is 3.74. The highest BCUT2D eigenvalue weighted by Crippen LogP contribution is 2.21. The molecule has 22 heavy (non-hydrogen) atoms. The lowest BCUT2D eigenvalue weighted by atomic mass is 10.1. The van der Waals surface area contributed by atoms with Gasteiger partial charge in [-0.3, -0.25) is 14.9 Å². The third kappa shape index (κ3) is 3.60. The van der Waals surface area contributed by atoms with Gasteiger partial charge >= 0.3 is 0 Å². The Hall–Kier alpha value is -1.57. The molecule has 2 rings (SSSR count). The number of carbonyl (C=O) groups excluding carboxylic acids is 1. The van der Waals surface area contributed by atoms with E-state index in [0.717, 1.165) is 5.56 Å². The Morgan fingerprint density at radius 1 is 1.27 bits per heavy atom. The number of ether oxygens (including phenoxy) is 2. The molecule has 1 heterocycles. The molecule has 120 valence electrons. The predicted octanol–water partition coefficient (Wildman–Crippen LogP) is 1.05. The molecule has 1 aliphatic rings. The average molecular weight is 306 g/mol. The van der Waals surface area contributed by atoms with Crippen molar-refractivity contribution in [2.75, 3.05) is 34.4 Å². The molecular weight excluding hydrogens is 284 g/mol. The van der Waals surface area contributed by atoms with Crippen LogP contribution in [0.5, 0.6) is 0 Å². The van der Waals surface area contributed by atoms with Gasteiger partial charge in [-0.05, 0) is 11.6 Å². The first-order valence-electron chi connectivity index (χ1n) is 7.07. The molecule has 0 amide bonds. The minimum atomic E-state index is -1.02. The van der Waals surface area contributed by atoms with E-state index < -0.39 is 5.91 Å². The van der Waals surface area contributed by atoms with Crippen LogP contribution in [0.25, 0.3) is 6.08 Å². The first-order valence-corrected chi connectivity index (χ1v) is 7.07. The zero-order valence-electron chi connectivity index (χ0n) is 13.1. The molecule has 1 fully saturated rings. The van der Waals surface area contributed by atoms with Gasteiger partial charge in [-0.25, -0.2) is 0 Å². The number of hydrogen-bond donors (Lipinski definition) is 1. The van der Waals surface area contributed by atoms with Crippen LogP contribution in [0.15, 0.2) is 36.4 Å². The average Bonchev–Trinajstić information content (AvgIpc) is 2.59. The van der Waals surface area contributed by atoms with Crippen LogP contribution < -0.4 is 5.32 Å². The number of carbonyl (C=O) groups is 1. The smallest absolute Gasteiger partial charge is 0.264 e. The minimum absolute atomic E-state index is 0.0216. The van der Waals surface area contributed by atoms with Gasteiger partial charge in [0.25, 0.3) is 5.91 Å².